The van der Waals surface area contributed by atoms with Gasteiger partial charge < -0.3 is 15.5 Å². The van der Waals surface area contributed by atoms with E-state index in [1.807, 2.05) is 7.05 Å². The number of hydrogen-bond acceptors (Lipinski definition) is 3. The van der Waals surface area contributed by atoms with Crippen LogP contribution >= 0.6 is 24.0 Å². The van der Waals surface area contributed by atoms with Crippen LogP contribution in [0.1, 0.15) is 22.3 Å². The maximum atomic E-state index is 4.33. The van der Waals surface area contributed by atoms with E-state index in [1.165, 1.54) is 22.3 Å². The van der Waals surface area contributed by atoms with E-state index in [4.69, 9.17) is 0 Å². The molecule has 3 rings (SSSR count). The number of aryl methyl sites for hydroxylation is 1. The number of rotatable bonds is 6. The van der Waals surface area contributed by atoms with E-state index in [9.17, 15) is 0 Å². The van der Waals surface area contributed by atoms with Gasteiger partial charge in [0.15, 0.2) is 5.96 Å². The summed E-state index contributed by atoms with van der Waals surface area (Å²) in [6, 6.07) is 17.4. The Bertz CT molecular complexity index is 767. The van der Waals surface area contributed by atoms with E-state index in [2.05, 4.69) is 87.9 Å². The van der Waals surface area contributed by atoms with Gasteiger partial charge in [0.25, 0.3) is 0 Å². The fourth-order valence-electron chi connectivity index (χ4n) is 3.42. The molecule has 0 atom stereocenters. The summed E-state index contributed by atoms with van der Waals surface area (Å²) in [4.78, 5) is 9.26. The molecule has 158 valence electrons. The molecule has 1 aliphatic rings. The van der Waals surface area contributed by atoms with Crippen molar-refractivity contribution in [3.63, 3.8) is 0 Å². The maximum absolute atomic E-state index is 4.33. The zero-order valence-electron chi connectivity index (χ0n) is 17.8. The average molecular weight is 507 g/mol. The molecule has 6 heteroatoms. The molecule has 0 bridgehead atoms. The second kappa shape index (κ2) is 12.1. The topological polar surface area (TPSA) is 42.9 Å². The zero-order chi connectivity index (χ0) is 19.8. The molecule has 5 nitrogen and oxygen atoms in total. The third-order valence-corrected chi connectivity index (χ3v) is 5.42. The van der Waals surface area contributed by atoms with Crippen molar-refractivity contribution >= 4 is 29.9 Å². The van der Waals surface area contributed by atoms with Crippen molar-refractivity contribution in [3.8, 4) is 0 Å². The Hall–Kier alpha value is -1.64. The van der Waals surface area contributed by atoms with Crippen molar-refractivity contribution in [1.29, 1.82) is 0 Å². The van der Waals surface area contributed by atoms with Crippen LogP contribution in [-0.2, 0) is 19.6 Å². The molecule has 2 aromatic carbocycles. The normalized spacial score (nSPS) is 15.6. The molecule has 1 heterocycles. The number of guanidine groups is 1. The molecule has 0 saturated carbocycles. The molecule has 2 aromatic rings. The van der Waals surface area contributed by atoms with Crippen LogP contribution < -0.4 is 10.6 Å². The largest absolute Gasteiger partial charge is 0.352 e. The smallest absolute Gasteiger partial charge is 0.191 e. The second-order valence-corrected chi connectivity index (χ2v) is 7.60. The fourth-order valence-corrected chi connectivity index (χ4v) is 3.42. The van der Waals surface area contributed by atoms with Gasteiger partial charge >= 0.3 is 0 Å². The van der Waals surface area contributed by atoms with E-state index < -0.39 is 0 Å². The number of benzene rings is 2. The molecule has 2 N–H and O–H groups in total. The van der Waals surface area contributed by atoms with Crippen LogP contribution in [0, 0.1) is 6.92 Å². The van der Waals surface area contributed by atoms with Crippen LogP contribution in [0.3, 0.4) is 0 Å². The predicted octanol–water partition coefficient (Wildman–Crippen LogP) is 3.23. The number of aliphatic imine (C=N–C) groups is 1. The molecule has 0 spiro atoms. The summed E-state index contributed by atoms with van der Waals surface area (Å²) in [5.41, 5.74) is 5.23. The molecule has 0 radical (unpaired) electrons. The zero-order valence-corrected chi connectivity index (χ0v) is 20.1. The summed E-state index contributed by atoms with van der Waals surface area (Å²) in [5, 5.41) is 6.80. The highest BCUT2D eigenvalue weighted by Crippen LogP contribution is 2.10. The molecule has 0 aliphatic carbocycles. The van der Waals surface area contributed by atoms with Gasteiger partial charge in [-0.3, -0.25) is 9.89 Å². The molecule has 1 fully saturated rings. The first-order valence-corrected chi connectivity index (χ1v) is 10.1. The Balaban J connectivity index is 0.00000300. The predicted molar refractivity (Wildman–Crippen MR) is 133 cm³/mol. The van der Waals surface area contributed by atoms with E-state index >= 15 is 0 Å². The van der Waals surface area contributed by atoms with E-state index in [0.29, 0.717) is 0 Å². The highest BCUT2D eigenvalue weighted by molar-refractivity contribution is 14.0. The third kappa shape index (κ3) is 7.60. The molecular formula is C23H34IN5. The van der Waals surface area contributed by atoms with Gasteiger partial charge in [0.2, 0.25) is 0 Å². The van der Waals surface area contributed by atoms with Gasteiger partial charge in [0.1, 0.15) is 0 Å². The van der Waals surface area contributed by atoms with Crippen molar-refractivity contribution in [3.05, 3.63) is 70.8 Å². The van der Waals surface area contributed by atoms with E-state index in [0.717, 1.165) is 51.8 Å². The molecule has 1 aliphatic heterocycles. The first kappa shape index (κ1) is 23.6. The SMILES string of the molecule is CN=C(NCc1ccc(CN2CCN(C)CC2)cc1)NCc1ccccc1C.I. The van der Waals surface area contributed by atoms with Gasteiger partial charge in [0, 0.05) is 52.9 Å². The van der Waals surface area contributed by atoms with Gasteiger partial charge in [0.05, 0.1) is 0 Å². The van der Waals surface area contributed by atoms with Gasteiger partial charge in [-0.25, -0.2) is 0 Å². The van der Waals surface area contributed by atoms with Gasteiger partial charge in [-0.05, 0) is 36.2 Å². The number of nitrogens with one attached hydrogen (secondary N) is 2. The number of hydrogen-bond donors (Lipinski definition) is 2. The Morgan fingerprint density at radius 2 is 1.52 bits per heavy atom. The van der Waals surface area contributed by atoms with Crippen LogP contribution in [-0.4, -0.2) is 56.0 Å². The standard InChI is InChI=1S/C23H33N5.HI/c1-19-6-4-5-7-22(19)17-26-23(24-2)25-16-20-8-10-21(11-9-20)18-28-14-12-27(3)13-15-28;/h4-11H,12-18H2,1-3H3,(H2,24,25,26);1H. The van der Waals surface area contributed by atoms with E-state index in [-0.39, 0.29) is 24.0 Å². The lowest BCUT2D eigenvalue weighted by atomic mass is 10.1. The Labute approximate surface area is 192 Å². The van der Waals surface area contributed by atoms with Crippen LogP contribution in [0.2, 0.25) is 0 Å². The maximum Gasteiger partial charge on any atom is 0.191 e. The number of nitrogens with zero attached hydrogens (tertiary/aromatic N) is 3. The molecule has 1 saturated heterocycles. The second-order valence-electron chi connectivity index (χ2n) is 7.60. The summed E-state index contributed by atoms with van der Waals surface area (Å²) < 4.78 is 0. The summed E-state index contributed by atoms with van der Waals surface area (Å²) in [5.74, 6) is 0.824. The fraction of sp³-hybridized carbons (Fsp3) is 0.435. The minimum absolute atomic E-state index is 0. The van der Waals surface area contributed by atoms with Crippen LogP contribution in [0.15, 0.2) is 53.5 Å². The van der Waals surface area contributed by atoms with Gasteiger partial charge in [-0.1, -0.05) is 48.5 Å². The summed E-state index contributed by atoms with van der Waals surface area (Å²) in [6.45, 7) is 9.36. The van der Waals surface area contributed by atoms with E-state index in [1.54, 1.807) is 0 Å². The van der Waals surface area contributed by atoms with Crippen LogP contribution in [0.5, 0.6) is 0 Å². The first-order valence-electron chi connectivity index (χ1n) is 10.1. The quantitative estimate of drug-likeness (QED) is 0.358. The van der Waals surface area contributed by atoms with Crippen LogP contribution in [0.25, 0.3) is 0 Å². The van der Waals surface area contributed by atoms with Crippen molar-refractivity contribution < 1.29 is 0 Å². The lowest BCUT2D eigenvalue weighted by Crippen LogP contribution is -2.43. The Morgan fingerprint density at radius 3 is 2.17 bits per heavy atom. The number of halogens is 1. The molecule has 29 heavy (non-hydrogen) atoms. The lowest BCUT2D eigenvalue weighted by molar-refractivity contribution is 0.148. The molecule has 0 unspecified atom stereocenters. The monoisotopic (exact) mass is 507 g/mol. The van der Waals surface area contributed by atoms with Crippen LogP contribution in [0.4, 0.5) is 0 Å². The van der Waals surface area contributed by atoms with Crippen molar-refractivity contribution in [1.82, 2.24) is 20.4 Å². The van der Waals surface area contributed by atoms with Crippen molar-refractivity contribution in [2.45, 2.75) is 26.6 Å². The summed E-state index contributed by atoms with van der Waals surface area (Å²) in [6.07, 6.45) is 0. The van der Waals surface area contributed by atoms with Gasteiger partial charge in [-0.15, -0.1) is 24.0 Å². The number of likely N-dealkylation sites (N-methyl/N-ethyl adjacent to an activating group) is 1. The highest BCUT2D eigenvalue weighted by atomic mass is 127. The first-order chi connectivity index (χ1) is 13.6. The molecular weight excluding hydrogens is 473 g/mol. The van der Waals surface area contributed by atoms with Crippen molar-refractivity contribution in [2.24, 2.45) is 4.99 Å². The number of piperazine rings is 1. The summed E-state index contributed by atoms with van der Waals surface area (Å²) in [7, 11) is 4.01. The Kier molecular flexibility index (Phi) is 9.90. The van der Waals surface area contributed by atoms with Gasteiger partial charge in [-0.2, -0.15) is 0 Å². The van der Waals surface area contributed by atoms with Crippen molar-refractivity contribution in [2.75, 3.05) is 40.3 Å². The Morgan fingerprint density at radius 1 is 0.897 bits per heavy atom. The molecule has 0 amide bonds. The highest BCUT2D eigenvalue weighted by Gasteiger charge is 2.13. The average Bonchev–Trinajstić information content (AvgIpc) is 2.72. The minimum Gasteiger partial charge on any atom is -0.352 e. The molecule has 0 aromatic heterocycles. The third-order valence-electron chi connectivity index (χ3n) is 5.42. The lowest BCUT2D eigenvalue weighted by Gasteiger charge is -2.32. The summed E-state index contributed by atoms with van der Waals surface area (Å²) >= 11 is 0. The minimum atomic E-state index is 0.